The van der Waals surface area contributed by atoms with E-state index in [4.69, 9.17) is 4.52 Å². The molecule has 17 heavy (non-hydrogen) atoms. The average Bonchev–Trinajstić information content (AvgIpc) is 2.73. The molecule has 0 aliphatic rings. The van der Waals surface area contributed by atoms with Crippen molar-refractivity contribution in [2.45, 2.75) is 33.4 Å². The van der Waals surface area contributed by atoms with E-state index in [1.807, 2.05) is 13.8 Å². The Hall–Kier alpha value is -1.82. The minimum absolute atomic E-state index is 0.0995. The fourth-order valence-electron chi connectivity index (χ4n) is 1.60. The summed E-state index contributed by atoms with van der Waals surface area (Å²) in [6, 6.07) is 0.0995. The van der Waals surface area contributed by atoms with Crippen molar-refractivity contribution in [3.8, 4) is 0 Å². The highest BCUT2D eigenvalue weighted by Gasteiger charge is 2.11. The second-order valence-corrected chi connectivity index (χ2v) is 3.86. The normalized spacial score (nSPS) is 12.6. The van der Waals surface area contributed by atoms with Crippen LogP contribution in [0.1, 0.15) is 36.1 Å². The molecule has 0 aromatic carbocycles. The van der Waals surface area contributed by atoms with Crippen LogP contribution in [0.15, 0.2) is 16.9 Å². The molecule has 90 valence electrons. The Morgan fingerprint density at radius 2 is 2.06 bits per heavy atom. The molecule has 0 radical (unpaired) electrons. The molecule has 0 saturated carbocycles. The maximum absolute atomic E-state index is 4.90. The van der Waals surface area contributed by atoms with Gasteiger partial charge in [-0.05, 0) is 13.8 Å². The van der Waals surface area contributed by atoms with E-state index >= 15 is 0 Å². The fourth-order valence-corrected chi connectivity index (χ4v) is 1.60. The Labute approximate surface area is 99.5 Å². The summed E-state index contributed by atoms with van der Waals surface area (Å²) in [7, 11) is 0. The van der Waals surface area contributed by atoms with Gasteiger partial charge in [0, 0.05) is 25.4 Å². The van der Waals surface area contributed by atoms with Crippen LogP contribution in [0.2, 0.25) is 0 Å². The third-order valence-electron chi connectivity index (χ3n) is 2.47. The molecule has 6 nitrogen and oxygen atoms in total. The van der Waals surface area contributed by atoms with Gasteiger partial charge in [-0.15, -0.1) is 0 Å². The number of hydrogen-bond acceptors (Lipinski definition) is 6. The molecule has 0 amide bonds. The topological polar surface area (TPSA) is 76.7 Å². The van der Waals surface area contributed by atoms with Crippen molar-refractivity contribution in [2.75, 3.05) is 0 Å². The maximum Gasteiger partial charge on any atom is 0.223 e. The maximum atomic E-state index is 4.90. The van der Waals surface area contributed by atoms with Gasteiger partial charge in [0.1, 0.15) is 0 Å². The molecule has 2 aromatic rings. The number of rotatable bonds is 4. The van der Waals surface area contributed by atoms with Gasteiger partial charge in [-0.1, -0.05) is 5.16 Å². The molecule has 0 aliphatic heterocycles. The van der Waals surface area contributed by atoms with Gasteiger partial charge >= 0.3 is 0 Å². The average molecular weight is 233 g/mol. The molecule has 1 N–H and O–H groups in total. The van der Waals surface area contributed by atoms with E-state index in [1.165, 1.54) is 0 Å². The van der Waals surface area contributed by atoms with Gasteiger partial charge in [0.25, 0.3) is 0 Å². The quantitative estimate of drug-likeness (QED) is 0.858. The number of hydrogen-bond donors (Lipinski definition) is 1. The third-order valence-corrected chi connectivity index (χ3v) is 2.47. The first-order valence-electron chi connectivity index (χ1n) is 5.47. The largest absolute Gasteiger partial charge is 0.340 e. The summed E-state index contributed by atoms with van der Waals surface area (Å²) < 4.78 is 4.90. The lowest BCUT2D eigenvalue weighted by molar-refractivity contribution is 0.383. The molecule has 0 fully saturated rings. The minimum Gasteiger partial charge on any atom is -0.340 e. The summed E-state index contributed by atoms with van der Waals surface area (Å²) >= 11 is 0. The van der Waals surface area contributed by atoms with Gasteiger partial charge in [-0.25, -0.2) is 0 Å². The third kappa shape index (κ3) is 2.85. The summed E-state index contributed by atoms with van der Waals surface area (Å²) in [6.45, 7) is 6.30. The number of aryl methyl sites for hydroxylation is 2. The molecule has 1 atom stereocenters. The first-order chi connectivity index (χ1) is 8.16. The Bertz CT molecular complexity index is 496. The second-order valence-electron chi connectivity index (χ2n) is 3.86. The van der Waals surface area contributed by atoms with Gasteiger partial charge < -0.3 is 9.84 Å². The second kappa shape index (κ2) is 5.01. The number of aromatic nitrogens is 4. The molecule has 0 spiro atoms. The van der Waals surface area contributed by atoms with Crippen LogP contribution >= 0.6 is 0 Å². The molecule has 2 heterocycles. The molecule has 0 bridgehead atoms. The Balaban J connectivity index is 1.98. The van der Waals surface area contributed by atoms with Crippen LogP contribution in [0.25, 0.3) is 0 Å². The first kappa shape index (κ1) is 11.7. The predicted molar refractivity (Wildman–Crippen MR) is 61.1 cm³/mol. The molecule has 2 aromatic heterocycles. The number of nitrogens with zero attached hydrogens (tertiary/aromatic N) is 4. The molecular weight excluding hydrogens is 218 g/mol. The van der Waals surface area contributed by atoms with Crippen LogP contribution < -0.4 is 5.32 Å². The van der Waals surface area contributed by atoms with Gasteiger partial charge in [0.05, 0.1) is 17.9 Å². The Kier molecular flexibility index (Phi) is 3.43. The van der Waals surface area contributed by atoms with Gasteiger partial charge in [0.2, 0.25) is 5.89 Å². The molecular formula is C11H15N5O. The summed E-state index contributed by atoms with van der Waals surface area (Å²) in [5.74, 6) is 1.22. The monoisotopic (exact) mass is 233 g/mol. The zero-order chi connectivity index (χ0) is 12.3. The highest BCUT2D eigenvalue weighted by atomic mass is 16.5. The summed E-state index contributed by atoms with van der Waals surface area (Å²) in [4.78, 5) is 12.6. The summed E-state index contributed by atoms with van der Waals surface area (Å²) in [5, 5.41) is 7.10. The van der Waals surface area contributed by atoms with E-state index in [2.05, 4.69) is 25.4 Å². The number of nitrogens with one attached hydrogen (secondary N) is 1. The van der Waals surface area contributed by atoms with E-state index in [0.29, 0.717) is 18.3 Å². The highest BCUT2D eigenvalue weighted by Crippen LogP contribution is 2.11. The SMILES string of the molecule is Cc1nc(CNC(C)c2nccnc2C)no1. The molecule has 2 rings (SSSR count). The van der Waals surface area contributed by atoms with Crippen LogP contribution in [-0.2, 0) is 6.54 Å². The van der Waals surface area contributed by atoms with E-state index in [9.17, 15) is 0 Å². The lowest BCUT2D eigenvalue weighted by Gasteiger charge is -2.13. The predicted octanol–water partition coefficient (Wildman–Crippen LogP) is 1.33. The van der Waals surface area contributed by atoms with Crippen molar-refractivity contribution < 1.29 is 4.52 Å². The summed E-state index contributed by atoms with van der Waals surface area (Å²) in [6.07, 6.45) is 3.38. The lowest BCUT2D eigenvalue weighted by atomic mass is 10.2. The highest BCUT2D eigenvalue weighted by molar-refractivity contribution is 5.12. The van der Waals surface area contributed by atoms with Crippen LogP contribution in [-0.4, -0.2) is 20.1 Å². The van der Waals surface area contributed by atoms with Crippen molar-refractivity contribution >= 4 is 0 Å². The van der Waals surface area contributed by atoms with Crippen LogP contribution in [0.4, 0.5) is 0 Å². The minimum atomic E-state index is 0.0995. The van der Waals surface area contributed by atoms with Crippen LogP contribution in [0, 0.1) is 13.8 Å². The fraction of sp³-hybridized carbons (Fsp3) is 0.455. The van der Waals surface area contributed by atoms with Gasteiger partial charge in [0.15, 0.2) is 5.82 Å². The summed E-state index contributed by atoms with van der Waals surface area (Å²) in [5.41, 5.74) is 1.87. The molecule has 6 heteroatoms. The zero-order valence-corrected chi connectivity index (χ0v) is 10.1. The van der Waals surface area contributed by atoms with Gasteiger partial charge in [-0.2, -0.15) is 4.98 Å². The van der Waals surface area contributed by atoms with Crippen molar-refractivity contribution in [3.63, 3.8) is 0 Å². The Morgan fingerprint density at radius 1 is 1.29 bits per heavy atom. The molecule has 0 saturated heterocycles. The van der Waals surface area contributed by atoms with Crippen LogP contribution in [0.3, 0.4) is 0 Å². The first-order valence-corrected chi connectivity index (χ1v) is 5.47. The van der Waals surface area contributed by atoms with E-state index in [0.717, 1.165) is 11.4 Å². The van der Waals surface area contributed by atoms with Crippen molar-refractivity contribution in [1.29, 1.82) is 0 Å². The van der Waals surface area contributed by atoms with Crippen LogP contribution in [0.5, 0.6) is 0 Å². The van der Waals surface area contributed by atoms with Crippen molar-refractivity contribution in [2.24, 2.45) is 0 Å². The standard InChI is InChI=1S/C11H15N5O/c1-7-11(13-5-4-12-7)8(2)14-6-10-15-9(3)17-16-10/h4-5,8,14H,6H2,1-3H3. The smallest absolute Gasteiger partial charge is 0.223 e. The Morgan fingerprint density at radius 3 is 2.71 bits per heavy atom. The lowest BCUT2D eigenvalue weighted by Crippen LogP contribution is -2.21. The molecule has 1 unspecified atom stereocenters. The van der Waals surface area contributed by atoms with Gasteiger partial charge in [-0.3, -0.25) is 9.97 Å². The molecule has 0 aliphatic carbocycles. The van der Waals surface area contributed by atoms with Crippen molar-refractivity contribution in [3.05, 3.63) is 35.5 Å². The van der Waals surface area contributed by atoms with E-state index < -0.39 is 0 Å². The van der Waals surface area contributed by atoms with E-state index in [1.54, 1.807) is 19.3 Å². The zero-order valence-electron chi connectivity index (χ0n) is 10.1. The van der Waals surface area contributed by atoms with E-state index in [-0.39, 0.29) is 6.04 Å². The van der Waals surface area contributed by atoms with Crippen molar-refractivity contribution in [1.82, 2.24) is 25.4 Å².